The highest BCUT2D eigenvalue weighted by Crippen LogP contribution is 2.28. The van der Waals surface area contributed by atoms with E-state index in [1.54, 1.807) is 19.2 Å². The molecule has 0 spiro atoms. The van der Waals surface area contributed by atoms with Crippen LogP contribution in [-0.4, -0.2) is 50.0 Å². The highest BCUT2D eigenvalue weighted by atomic mass is 35.5. The Morgan fingerprint density at radius 3 is 2.69 bits per heavy atom. The third kappa shape index (κ3) is 4.68. The van der Waals surface area contributed by atoms with Crippen LogP contribution in [0.25, 0.3) is 0 Å². The number of phenolic OH excluding ortho intramolecular Hbond substituents is 1. The van der Waals surface area contributed by atoms with Gasteiger partial charge in [0.15, 0.2) is 11.5 Å². The molecule has 0 aromatic heterocycles. The number of morpholine rings is 1. The predicted molar refractivity (Wildman–Crippen MR) is 103 cm³/mol. The summed E-state index contributed by atoms with van der Waals surface area (Å²) in [7, 11) is 1.55. The van der Waals surface area contributed by atoms with Gasteiger partial charge >= 0.3 is 0 Å². The van der Waals surface area contributed by atoms with Gasteiger partial charge in [-0.05, 0) is 29.3 Å². The van der Waals surface area contributed by atoms with Crippen LogP contribution in [0.15, 0.2) is 42.5 Å². The number of aromatic hydroxyl groups is 1. The molecule has 1 atom stereocenters. The number of hydrogen-bond acceptors (Lipinski definition) is 5. The van der Waals surface area contributed by atoms with Crippen molar-refractivity contribution in [1.82, 2.24) is 10.2 Å². The lowest BCUT2D eigenvalue weighted by Crippen LogP contribution is -2.42. The molecular weight excluding hydrogens is 352 g/mol. The number of halogens is 1. The van der Waals surface area contributed by atoms with Crippen LogP contribution in [0, 0.1) is 0 Å². The average molecular weight is 377 g/mol. The smallest absolute Gasteiger partial charge is 0.160 e. The van der Waals surface area contributed by atoms with E-state index in [9.17, 15) is 5.11 Å². The monoisotopic (exact) mass is 376 g/mol. The zero-order valence-corrected chi connectivity index (χ0v) is 15.7. The molecule has 140 valence electrons. The van der Waals surface area contributed by atoms with E-state index in [-0.39, 0.29) is 11.8 Å². The van der Waals surface area contributed by atoms with Crippen LogP contribution in [0.2, 0.25) is 5.02 Å². The Bertz CT molecular complexity index is 720. The van der Waals surface area contributed by atoms with Gasteiger partial charge < -0.3 is 19.9 Å². The summed E-state index contributed by atoms with van der Waals surface area (Å²) in [4.78, 5) is 2.41. The van der Waals surface area contributed by atoms with E-state index in [1.807, 2.05) is 24.3 Å². The summed E-state index contributed by atoms with van der Waals surface area (Å²) in [6, 6.07) is 13.6. The minimum absolute atomic E-state index is 0.155. The van der Waals surface area contributed by atoms with E-state index < -0.39 is 0 Å². The van der Waals surface area contributed by atoms with Crippen molar-refractivity contribution in [2.24, 2.45) is 0 Å². The van der Waals surface area contributed by atoms with Crippen molar-refractivity contribution in [1.29, 1.82) is 0 Å². The van der Waals surface area contributed by atoms with Gasteiger partial charge in [0.1, 0.15) is 0 Å². The number of ether oxygens (including phenoxy) is 2. The second-order valence-corrected chi connectivity index (χ2v) is 6.73. The fourth-order valence-corrected chi connectivity index (χ4v) is 3.53. The molecule has 2 aromatic rings. The maximum atomic E-state index is 9.93. The fourth-order valence-electron chi connectivity index (χ4n) is 3.27. The minimum atomic E-state index is 0.155. The Morgan fingerprint density at radius 1 is 1.23 bits per heavy atom. The Labute approximate surface area is 159 Å². The Hall–Kier alpha value is -1.79. The van der Waals surface area contributed by atoms with Crippen molar-refractivity contribution in [3.8, 4) is 11.5 Å². The minimum Gasteiger partial charge on any atom is -0.504 e. The number of phenols is 1. The molecule has 5 nitrogen and oxygen atoms in total. The van der Waals surface area contributed by atoms with Crippen molar-refractivity contribution >= 4 is 11.6 Å². The molecule has 0 saturated carbocycles. The lowest BCUT2D eigenvalue weighted by Gasteiger charge is -2.35. The third-order valence-electron chi connectivity index (χ3n) is 4.66. The molecule has 2 N–H and O–H groups in total. The molecule has 2 aromatic carbocycles. The number of rotatable bonds is 7. The highest BCUT2D eigenvalue weighted by Gasteiger charge is 2.24. The maximum absolute atomic E-state index is 9.93. The summed E-state index contributed by atoms with van der Waals surface area (Å²) in [5, 5.41) is 14.2. The van der Waals surface area contributed by atoms with Crippen molar-refractivity contribution in [2.75, 3.05) is 40.0 Å². The topological polar surface area (TPSA) is 54.0 Å². The number of hydrogen-bond donors (Lipinski definition) is 2. The first kappa shape index (κ1) is 19.0. The van der Waals surface area contributed by atoms with Crippen LogP contribution >= 0.6 is 11.6 Å². The fraction of sp³-hybridized carbons (Fsp3) is 0.400. The first-order valence-electron chi connectivity index (χ1n) is 8.82. The molecule has 0 bridgehead atoms. The second kappa shape index (κ2) is 9.24. The van der Waals surface area contributed by atoms with Crippen LogP contribution in [-0.2, 0) is 11.3 Å². The van der Waals surface area contributed by atoms with Gasteiger partial charge in [-0.15, -0.1) is 0 Å². The first-order chi connectivity index (χ1) is 12.7. The van der Waals surface area contributed by atoms with Gasteiger partial charge in [-0.25, -0.2) is 0 Å². The van der Waals surface area contributed by atoms with Crippen molar-refractivity contribution < 1.29 is 14.6 Å². The van der Waals surface area contributed by atoms with Crippen LogP contribution < -0.4 is 10.1 Å². The zero-order chi connectivity index (χ0) is 18.4. The molecule has 1 aliphatic heterocycles. The Morgan fingerprint density at radius 2 is 2.00 bits per heavy atom. The summed E-state index contributed by atoms with van der Waals surface area (Å²) in [5.41, 5.74) is 2.13. The summed E-state index contributed by atoms with van der Waals surface area (Å²) in [5.74, 6) is 0.638. The van der Waals surface area contributed by atoms with E-state index in [1.165, 1.54) is 0 Å². The SMILES string of the molecule is COc1ccc(CNCC(c2ccccc2Cl)N2CCOCC2)cc1O. The largest absolute Gasteiger partial charge is 0.504 e. The first-order valence-corrected chi connectivity index (χ1v) is 9.19. The number of benzene rings is 2. The molecule has 0 aliphatic carbocycles. The Kier molecular flexibility index (Phi) is 6.74. The van der Waals surface area contributed by atoms with E-state index in [4.69, 9.17) is 21.1 Å². The second-order valence-electron chi connectivity index (χ2n) is 6.32. The van der Waals surface area contributed by atoms with Gasteiger partial charge in [0, 0.05) is 37.2 Å². The molecule has 1 saturated heterocycles. The molecule has 1 heterocycles. The molecule has 1 unspecified atom stereocenters. The zero-order valence-electron chi connectivity index (χ0n) is 15.0. The van der Waals surface area contributed by atoms with Crippen LogP contribution in [0.3, 0.4) is 0 Å². The predicted octanol–water partition coefficient (Wildman–Crippen LogP) is 3.22. The van der Waals surface area contributed by atoms with Gasteiger partial charge in [-0.3, -0.25) is 4.90 Å². The number of nitrogens with zero attached hydrogens (tertiary/aromatic N) is 1. The van der Waals surface area contributed by atoms with E-state index in [0.29, 0.717) is 12.3 Å². The van der Waals surface area contributed by atoms with Crippen molar-refractivity contribution in [3.05, 3.63) is 58.6 Å². The van der Waals surface area contributed by atoms with Gasteiger partial charge in [-0.1, -0.05) is 35.9 Å². The van der Waals surface area contributed by atoms with E-state index in [2.05, 4.69) is 16.3 Å². The summed E-state index contributed by atoms with van der Waals surface area (Å²) >= 11 is 6.46. The van der Waals surface area contributed by atoms with Crippen molar-refractivity contribution in [2.45, 2.75) is 12.6 Å². The Balaban J connectivity index is 1.68. The lowest BCUT2D eigenvalue weighted by molar-refractivity contribution is 0.0161. The van der Waals surface area contributed by atoms with Crippen LogP contribution in [0.1, 0.15) is 17.2 Å². The average Bonchev–Trinajstić information content (AvgIpc) is 2.67. The normalized spacial score (nSPS) is 16.4. The van der Waals surface area contributed by atoms with Gasteiger partial charge in [0.25, 0.3) is 0 Å². The molecule has 6 heteroatoms. The molecule has 1 fully saturated rings. The molecular formula is C20H25ClN2O3. The third-order valence-corrected chi connectivity index (χ3v) is 5.00. The van der Waals surface area contributed by atoms with E-state index in [0.717, 1.165) is 49.0 Å². The summed E-state index contributed by atoms with van der Waals surface area (Å²) in [6.45, 7) is 4.68. The quantitative estimate of drug-likeness (QED) is 0.777. The standard InChI is InChI=1S/C20H25ClN2O3/c1-25-20-7-6-15(12-19(20)24)13-22-14-18(23-8-10-26-11-9-23)16-4-2-3-5-17(16)21/h2-7,12,18,22,24H,8-11,13-14H2,1H3. The molecule has 3 rings (SSSR count). The van der Waals surface area contributed by atoms with Crippen molar-refractivity contribution in [3.63, 3.8) is 0 Å². The molecule has 0 radical (unpaired) electrons. The van der Waals surface area contributed by atoms with Crippen LogP contribution in [0.5, 0.6) is 11.5 Å². The summed E-state index contributed by atoms with van der Waals surface area (Å²) in [6.07, 6.45) is 0. The van der Waals surface area contributed by atoms with Gasteiger partial charge in [0.2, 0.25) is 0 Å². The molecule has 26 heavy (non-hydrogen) atoms. The molecule has 0 amide bonds. The summed E-state index contributed by atoms with van der Waals surface area (Å²) < 4.78 is 10.6. The number of nitrogens with one attached hydrogen (secondary N) is 1. The lowest BCUT2D eigenvalue weighted by atomic mass is 10.0. The highest BCUT2D eigenvalue weighted by molar-refractivity contribution is 6.31. The maximum Gasteiger partial charge on any atom is 0.160 e. The van der Waals surface area contributed by atoms with Gasteiger partial charge in [-0.2, -0.15) is 0 Å². The van der Waals surface area contributed by atoms with Gasteiger partial charge in [0.05, 0.1) is 20.3 Å². The van der Waals surface area contributed by atoms with E-state index >= 15 is 0 Å². The van der Waals surface area contributed by atoms with Crippen LogP contribution in [0.4, 0.5) is 0 Å². The number of methoxy groups -OCH3 is 1. The molecule has 1 aliphatic rings.